The molecule has 2 aliphatic carbocycles. The van der Waals surface area contributed by atoms with Crippen molar-refractivity contribution >= 4 is 27.4 Å². The van der Waals surface area contributed by atoms with Crippen molar-refractivity contribution in [2.24, 2.45) is 5.92 Å². The normalized spacial score (nSPS) is 22.9. The lowest BCUT2D eigenvalue weighted by Crippen LogP contribution is -2.45. The number of nitrogens with two attached hydrogens (primary N) is 1. The predicted molar refractivity (Wildman–Crippen MR) is 138 cm³/mol. The highest BCUT2D eigenvalue weighted by atomic mass is 32.2. The minimum Gasteiger partial charge on any atom is -0.393 e. The number of benzene rings is 1. The van der Waals surface area contributed by atoms with Crippen molar-refractivity contribution in [3.8, 4) is 11.3 Å². The number of fused-ring (bicyclic) bond motifs is 2. The van der Waals surface area contributed by atoms with Crippen LogP contribution in [0.2, 0.25) is 0 Å². The van der Waals surface area contributed by atoms with E-state index >= 15 is 0 Å². The Bertz CT molecular complexity index is 1550. The molecule has 2 fully saturated rings. The largest absolute Gasteiger partial charge is 0.393 e. The van der Waals surface area contributed by atoms with Gasteiger partial charge in [0.05, 0.1) is 27.8 Å². The van der Waals surface area contributed by atoms with E-state index in [-0.39, 0.29) is 40.4 Å². The van der Waals surface area contributed by atoms with Crippen LogP contribution in [0, 0.1) is 5.92 Å². The van der Waals surface area contributed by atoms with E-state index in [1.807, 2.05) is 13.0 Å². The van der Waals surface area contributed by atoms with Gasteiger partial charge in [-0.15, -0.1) is 5.10 Å². The molecule has 1 aromatic carbocycles. The molecule has 0 radical (unpaired) electrons. The summed E-state index contributed by atoms with van der Waals surface area (Å²) in [5, 5.41) is 27.7. The van der Waals surface area contributed by atoms with Gasteiger partial charge in [-0.3, -0.25) is 10.1 Å². The predicted octanol–water partition coefficient (Wildman–Crippen LogP) is 0.745. The summed E-state index contributed by atoms with van der Waals surface area (Å²) < 4.78 is 29.9. The summed E-state index contributed by atoms with van der Waals surface area (Å²) >= 11 is 0. The Kier molecular flexibility index (Phi) is 5.96. The number of nitrogen functional groups attached to an aromatic ring is 1. The first-order valence-corrected chi connectivity index (χ1v) is 14.2. The molecule has 0 spiro atoms. The number of nitrogens with one attached hydrogen (secondary N) is 2. The monoisotopic (exact) mass is 541 g/mol. The van der Waals surface area contributed by atoms with E-state index in [1.54, 1.807) is 17.2 Å². The van der Waals surface area contributed by atoms with Crippen molar-refractivity contribution in [2.75, 3.05) is 12.8 Å². The second-order valence-corrected chi connectivity index (χ2v) is 12.4. The van der Waals surface area contributed by atoms with E-state index in [9.17, 15) is 23.4 Å². The van der Waals surface area contributed by atoms with Crippen molar-refractivity contribution in [1.82, 2.24) is 29.5 Å². The molecule has 0 saturated heterocycles. The van der Waals surface area contributed by atoms with Crippen LogP contribution in [0.3, 0.4) is 0 Å². The second kappa shape index (κ2) is 8.99. The van der Waals surface area contributed by atoms with Gasteiger partial charge in [-0.25, -0.2) is 22.6 Å². The summed E-state index contributed by atoms with van der Waals surface area (Å²) in [6.45, 7) is 2.34. The Morgan fingerprint density at radius 2 is 1.97 bits per heavy atom. The van der Waals surface area contributed by atoms with Crippen molar-refractivity contribution in [2.45, 2.75) is 68.5 Å². The van der Waals surface area contributed by atoms with Gasteiger partial charge in [0.25, 0.3) is 5.91 Å². The molecule has 202 valence electrons. The number of nitrogens with zero attached hydrogens (tertiary/aromatic N) is 4. The molecule has 3 aliphatic rings. The lowest BCUT2D eigenvalue weighted by Gasteiger charge is -2.33. The smallest absolute Gasteiger partial charge is 0.256 e. The van der Waals surface area contributed by atoms with Gasteiger partial charge in [-0.05, 0) is 69.3 Å². The van der Waals surface area contributed by atoms with Gasteiger partial charge in [-0.2, -0.15) is 0 Å². The first-order valence-electron chi connectivity index (χ1n) is 12.8. The highest BCUT2D eigenvalue weighted by Gasteiger charge is 2.41. The molecule has 38 heavy (non-hydrogen) atoms. The third kappa shape index (κ3) is 4.14. The number of aliphatic hydroxyl groups is 2. The molecule has 0 bridgehead atoms. The summed E-state index contributed by atoms with van der Waals surface area (Å²) in [7, 11) is -2.63. The molecule has 2 aromatic heterocycles. The molecule has 6 rings (SSSR count). The van der Waals surface area contributed by atoms with Gasteiger partial charge >= 0.3 is 0 Å². The van der Waals surface area contributed by atoms with E-state index in [2.05, 4.69) is 15.1 Å². The number of sulfonamides is 1. The van der Waals surface area contributed by atoms with Gasteiger partial charge in [0, 0.05) is 30.4 Å². The maximum atomic E-state index is 13.4. The van der Waals surface area contributed by atoms with Gasteiger partial charge in [-0.1, -0.05) is 0 Å². The Labute approximate surface area is 219 Å². The van der Waals surface area contributed by atoms with Crippen LogP contribution >= 0.6 is 0 Å². The van der Waals surface area contributed by atoms with Crippen molar-refractivity contribution in [3.63, 3.8) is 0 Å². The topological polar surface area (TPSA) is 175 Å². The van der Waals surface area contributed by atoms with E-state index in [0.29, 0.717) is 53.3 Å². The number of hydrogen-bond acceptors (Lipinski definition) is 9. The number of amides is 1. The molecule has 12 nitrogen and oxygen atoms in total. The number of aliphatic hydroxyl groups excluding tert-OH is 2. The zero-order chi connectivity index (χ0) is 26.9. The number of carbonyl (C=O) groups excluding carboxylic acids is 1. The SMILES string of the molecule is CNS(=O)(=O)c1cc(-c2ccn3nc(N)c(C(O)N[C@H]4C[C@H](O)C4)c3n2)cc2c1C(=O)N([C@@H](C)C1CC1)C2. The molecular weight excluding hydrogens is 510 g/mol. The summed E-state index contributed by atoms with van der Waals surface area (Å²) in [5.74, 6) is 0.275. The number of anilines is 1. The van der Waals surface area contributed by atoms with Crippen molar-refractivity contribution < 1.29 is 23.4 Å². The van der Waals surface area contributed by atoms with Crippen molar-refractivity contribution in [3.05, 3.63) is 41.1 Å². The first-order chi connectivity index (χ1) is 18.1. The highest BCUT2D eigenvalue weighted by molar-refractivity contribution is 7.89. The molecule has 13 heteroatoms. The van der Waals surface area contributed by atoms with E-state index in [1.165, 1.54) is 17.6 Å². The van der Waals surface area contributed by atoms with Gasteiger partial charge in [0.15, 0.2) is 11.5 Å². The van der Waals surface area contributed by atoms with Gasteiger partial charge < -0.3 is 20.8 Å². The lowest BCUT2D eigenvalue weighted by molar-refractivity contribution is 0.0274. The fourth-order valence-electron chi connectivity index (χ4n) is 5.49. The lowest BCUT2D eigenvalue weighted by atomic mass is 9.89. The average molecular weight is 542 g/mol. The molecule has 2 atom stereocenters. The molecule has 1 aliphatic heterocycles. The average Bonchev–Trinajstić information content (AvgIpc) is 3.59. The van der Waals surface area contributed by atoms with Crippen LogP contribution in [0.1, 0.15) is 60.3 Å². The Morgan fingerprint density at radius 3 is 2.63 bits per heavy atom. The maximum absolute atomic E-state index is 13.4. The third-order valence-electron chi connectivity index (χ3n) is 7.98. The first kappa shape index (κ1) is 25.2. The fraction of sp³-hybridized carbons (Fsp3) is 0.480. The van der Waals surface area contributed by atoms with E-state index in [0.717, 1.165) is 12.8 Å². The van der Waals surface area contributed by atoms with Crippen LogP contribution in [0.4, 0.5) is 5.82 Å². The van der Waals surface area contributed by atoms with E-state index in [4.69, 9.17) is 10.7 Å². The molecule has 1 amide bonds. The molecule has 2 saturated carbocycles. The molecular formula is C25H31N7O5S. The second-order valence-electron chi connectivity index (χ2n) is 10.5. The molecule has 3 heterocycles. The fourth-order valence-corrected chi connectivity index (χ4v) is 6.48. The maximum Gasteiger partial charge on any atom is 0.256 e. The number of aromatic nitrogens is 3. The highest BCUT2D eigenvalue weighted by Crippen LogP contribution is 2.40. The zero-order valence-corrected chi connectivity index (χ0v) is 21.9. The Hall–Kier alpha value is -3.10. The van der Waals surface area contributed by atoms with Crippen LogP contribution < -0.4 is 15.8 Å². The standard InChI is InChI=1S/C25H31N7O5S/c1-12(13-3-4-13)31-11-15-7-14(8-19(20(15)25(31)35)38(36,37)27-2)18-5-6-32-23(29-18)21(22(26)30-32)24(34)28-16-9-17(33)10-16/h5-8,12-13,16-17,24,27-28,33-34H,3-4,9-11H2,1-2H3,(H2,26,30)/t12-,16-,17-,24?/m0/s1. The van der Waals surface area contributed by atoms with Crippen molar-refractivity contribution in [1.29, 1.82) is 0 Å². The summed E-state index contributed by atoms with van der Waals surface area (Å²) in [4.78, 5) is 19.8. The number of rotatable bonds is 8. The molecule has 1 unspecified atom stereocenters. The van der Waals surface area contributed by atoms with Crippen LogP contribution in [0.5, 0.6) is 0 Å². The number of carbonyl (C=O) groups is 1. The molecule has 6 N–H and O–H groups in total. The van der Waals surface area contributed by atoms with Crippen LogP contribution in [0.25, 0.3) is 16.9 Å². The number of hydrogen-bond donors (Lipinski definition) is 5. The van der Waals surface area contributed by atoms with Crippen LogP contribution in [0.15, 0.2) is 29.3 Å². The van der Waals surface area contributed by atoms with Crippen LogP contribution in [-0.4, -0.2) is 69.3 Å². The van der Waals surface area contributed by atoms with Crippen LogP contribution in [-0.2, 0) is 16.6 Å². The zero-order valence-electron chi connectivity index (χ0n) is 21.1. The third-order valence-corrected chi connectivity index (χ3v) is 9.42. The van der Waals surface area contributed by atoms with E-state index < -0.39 is 16.3 Å². The van der Waals surface area contributed by atoms with Gasteiger partial charge in [0.1, 0.15) is 6.23 Å². The van der Waals surface area contributed by atoms with Gasteiger partial charge in [0.2, 0.25) is 10.0 Å². The minimum atomic E-state index is -3.95. The quantitative estimate of drug-likeness (QED) is 0.258. The summed E-state index contributed by atoms with van der Waals surface area (Å²) in [6.07, 6.45) is 3.30. The minimum absolute atomic E-state index is 0.0288. The summed E-state index contributed by atoms with van der Waals surface area (Å²) in [6, 6.07) is 4.94. The summed E-state index contributed by atoms with van der Waals surface area (Å²) in [5.41, 5.74) is 8.53. The molecule has 3 aromatic rings. The Balaban J connectivity index is 1.42. The Morgan fingerprint density at radius 1 is 1.24 bits per heavy atom.